The molecule has 0 spiro atoms. The molecular weight excluding hydrogens is 512 g/mol. The first kappa shape index (κ1) is 30.6. The number of aryl methyl sites for hydroxylation is 1. The van der Waals surface area contributed by atoms with Gasteiger partial charge in [0.25, 0.3) is 5.91 Å². The summed E-state index contributed by atoms with van der Waals surface area (Å²) >= 11 is 0. The van der Waals surface area contributed by atoms with Crippen molar-refractivity contribution in [2.45, 2.75) is 72.6 Å². The maximum atomic E-state index is 13.4. The molecule has 2 N–H and O–H groups in total. The Morgan fingerprint density at radius 3 is 2.48 bits per heavy atom. The second-order valence-corrected chi connectivity index (χ2v) is 10.9. The zero-order valence-corrected chi connectivity index (χ0v) is 23.5. The molecule has 2 amide bonds. The second kappa shape index (κ2) is 14.4. The van der Waals surface area contributed by atoms with Crippen LogP contribution in [0.5, 0.6) is 0 Å². The van der Waals surface area contributed by atoms with Crippen molar-refractivity contribution in [2.24, 2.45) is 23.7 Å². The summed E-state index contributed by atoms with van der Waals surface area (Å²) in [6.07, 6.45) is 3.37. The van der Waals surface area contributed by atoms with E-state index in [1.54, 1.807) is 20.0 Å². The van der Waals surface area contributed by atoms with Gasteiger partial charge in [0.05, 0.1) is 18.4 Å². The number of amides is 2. The van der Waals surface area contributed by atoms with Crippen molar-refractivity contribution >= 4 is 29.4 Å². The Bertz CT molecular complexity index is 1210. The van der Waals surface area contributed by atoms with Crippen molar-refractivity contribution in [3.8, 4) is 0 Å². The highest BCUT2D eigenvalue weighted by atomic mass is 16.5. The minimum Gasteiger partial charge on any atom is -0.461 e. The SMILES string of the molecule is CC(C)C(CC(=O)OCc1ccccc1)C(=O)NC(C(=O)CC1CCc2ncncc2CNC(=O)C1=O)C(C)C. The van der Waals surface area contributed by atoms with Gasteiger partial charge >= 0.3 is 5.97 Å². The van der Waals surface area contributed by atoms with Gasteiger partial charge in [-0.15, -0.1) is 0 Å². The number of ketones is 2. The number of rotatable bonds is 11. The molecule has 214 valence electrons. The molecule has 1 aromatic carbocycles. The molecule has 0 radical (unpaired) electrons. The summed E-state index contributed by atoms with van der Waals surface area (Å²) in [7, 11) is 0. The molecule has 0 saturated heterocycles. The van der Waals surface area contributed by atoms with Gasteiger partial charge in [-0.2, -0.15) is 0 Å². The minimum absolute atomic E-state index is 0.110. The number of benzene rings is 1. The lowest BCUT2D eigenvalue weighted by Gasteiger charge is -2.27. The van der Waals surface area contributed by atoms with Crippen LogP contribution in [0, 0.1) is 23.7 Å². The number of aromatic nitrogens is 2. The number of fused-ring (bicyclic) bond motifs is 1. The molecule has 2 heterocycles. The van der Waals surface area contributed by atoms with E-state index >= 15 is 0 Å². The van der Waals surface area contributed by atoms with Gasteiger partial charge in [0.15, 0.2) is 5.78 Å². The summed E-state index contributed by atoms with van der Waals surface area (Å²) in [6, 6.07) is 8.37. The molecule has 3 unspecified atom stereocenters. The average molecular weight is 551 g/mol. The van der Waals surface area contributed by atoms with Gasteiger partial charge in [-0.05, 0) is 30.2 Å². The van der Waals surface area contributed by atoms with E-state index in [1.807, 2.05) is 44.2 Å². The van der Waals surface area contributed by atoms with Crippen molar-refractivity contribution in [1.82, 2.24) is 20.6 Å². The van der Waals surface area contributed by atoms with E-state index in [2.05, 4.69) is 20.6 Å². The van der Waals surface area contributed by atoms with Crippen LogP contribution in [0.25, 0.3) is 0 Å². The lowest BCUT2D eigenvalue weighted by molar-refractivity contribution is -0.149. The van der Waals surface area contributed by atoms with Crippen LogP contribution in [0.1, 0.15) is 63.8 Å². The van der Waals surface area contributed by atoms with Crippen LogP contribution >= 0.6 is 0 Å². The van der Waals surface area contributed by atoms with E-state index in [0.717, 1.165) is 16.8 Å². The van der Waals surface area contributed by atoms with Crippen molar-refractivity contribution in [1.29, 1.82) is 0 Å². The zero-order valence-electron chi connectivity index (χ0n) is 23.5. The van der Waals surface area contributed by atoms with Crippen LogP contribution in [0.4, 0.5) is 0 Å². The van der Waals surface area contributed by atoms with Crippen molar-refractivity contribution < 1.29 is 28.7 Å². The molecule has 0 fully saturated rings. The van der Waals surface area contributed by atoms with E-state index in [1.165, 1.54) is 6.33 Å². The van der Waals surface area contributed by atoms with Gasteiger partial charge in [-0.25, -0.2) is 9.97 Å². The Hall–Kier alpha value is -3.95. The first-order valence-corrected chi connectivity index (χ1v) is 13.7. The Balaban J connectivity index is 1.65. The summed E-state index contributed by atoms with van der Waals surface area (Å²) in [5, 5.41) is 5.41. The zero-order chi connectivity index (χ0) is 29.2. The van der Waals surface area contributed by atoms with Crippen LogP contribution in [0.3, 0.4) is 0 Å². The van der Waals surface area contributed by atoms with Crippen LogP contribution in [0.2, 0.25) is 0 Å². The van der Waals surface area contributed by atoms with Crippen molar-refractivity contribution in [3.63, 3.8) is 0 Å². The highest BCUT2D eigenvalue weighted by molar-refractivity contribution is 6.37. The first-order valence-electron chi connectivity index (χ1n) is 13.7. The van der Waals surface area contributed by atoms with Crippen LogP contribution in [0.15, 0.2) is 42.9 Å². The lowest BCUT2D eigenvalue weighted by atomic mass is 9.86. The molecule has 1 aliphatic rings. The Morgan fingerprint density at radius 2 is 1.80 bits per heavy atom. The fraction of sp³-hybridized carbons (Fsp3) is 0.500. The molecule has 3 atom stereocenters. The van der Waals surface area contributed by atoms with E-state index < -0.39 is 41.4 Å². The number of hydrogen-bond acceptors (Lipinski definition) is 8. The molecular formula is C30H38N4O6. The molecule has 10 nitrogen and oxygen atoms in total. The Labute approximate surface area is 234 Å². The summed E-state index contributed by atoms with van der Waals surface area (Å²) in [5.41, 5.74) is 2.29. The third kappa shape index (κ3) is 8.53. The van der Waals surface area contributed by atoms with Crippen LogP contribution in [-0.2, 0) is 48.3 Å². The smallest absolute Gasteiger partial charge is 0.306 e. The molecule has 10 heteroatoms. The summed E-state index contributed by atoms with van der Waals surface area (Å²) < 4.78 is 5.37. The van der Waals surface area contributed by atoms with Gasteiger partial charge < -0.3 is 15.4 Å². The average Bonchev–Trinajstić information content (AvgIpc) is 2.99. The number of carbonyl (C=O) groups is 5. The third-order valence-corrected chi connectivity index (χ3v) is 7.17. The first-order chi connectivity index (χ1) is 19.1. The van der Waals surface area contributed by atoms with E-state index in [4.69, 9.17) is 4.74 Å². The monoisotopic (exact) mass is 550 g/mol. The summed E-state index contributed by atoms with van der Waals surface area (Å²) in [4.78, 5) is 72.9. The summed E-state index contributed by atoms with van der Waals surface area (Å²) in [6.45, 7) is 7.50. The predicted octanol–water partition coefficient (Wildman–Crippen LogP) is 2.73. The van der Waals surface area contributed by atoms with Crippen molar-refractivity contribution in [2.75, 3.05) is 0 Å². The Kier molecular flexibility index (Phi) is 11.0. The van der Waals surface area contributed by atoms with Crippen molar-refractivity contribution in [3.05, 3.63) is 59.7 Å². The number of nitrogens with one attached hydrogen (secondary N) is 2. The number of ether oxygens (including phenoxy) is 1. The molecule has 1 aliphatic heterocycles. The highest BCUT2D eigenvalue weighted by Gasteiger charge is 2.35. The van der Waals surface area contributed by atoms with Gasteiger partial charge in [0.1, 0.15) is 12.9 Å². The molecule has 0 bridgehead atoms. The Morgan fingerprint density at radius 1 is 1.07 bits per heavy atom. The van der Waals surface area contributed by atoms with Crippen LogP contribution in [-0.4, -0.2) is 45.4 Å². The third-order valence-electron chi connectivity index (χ3n) is 7.17. The maximum absolute atomic E-state index is 13.4. The topological polar surface area (TPSA) is 144 Å². The number of carbonyl (C=O) groups excluding carboxylic acids is 5. The number of esters is 1. The predicted molar refractivity (Wildman–Crippen MR) is 146 cm³/mol. The molecule has 0 saturated carbocycles. The summed E-state index contributed by atoms with van der Waals surface area (Å²) in [5.74, 6) is -4.70. The molecule has 1 aromatic heterocycles. The van der Waals surface area contributed by atoms with Gasteiger partial charge in [0, 0.05) is 36.3 Å². The highest BCUT2D eigenvalue weighted by Crippen LogP contribution is 2.22. The quantitative estimate of drug-likeness (QED) is 0.321. The lowest BCUT2D eigenvalue weighted by Crippen LogP contribution is -2.49. The second-order valence-electron chi connectivity index (χ2n) is 10.9. The van der Waals surface area contributed by atoms with Gasteiger partial charge in [0.2, 0.25) is 11.7 Å². The number of Topliss-reactive ketones (excluding diaryl/α,β-unsaturated/α-hetero) is 2. The van der Waals surface area contributed by atoms with Gasteiger partial charge in [-0.1, -0.05) is 58.0 Å². The maximum Gasteiger partial charge on any atom is 0.306 e. The number of nitrogens with zero attached hydrogens (tertiary/aromatic N) is 2. The van der Waals surface area contributed by atoms with Gasteiger partial charge in [-0.3, -0.25) is 24.0 Å². The standard InChI is InChI=1S/C30H38N4O6/c1-18(2)23(13-26(36)40-16-20-8-6-5-7-9-20)29(38)34-27(19(3)4)25(35)12-21-10-11-24-22(14-31-17-33-24)15-32-30(39)28(21)37/h5-9,14,17-19,21,23,27H,10-13,15-16H2,1-4H3,(H,32,39)(H,34,38). The van der Waals surface area contributed by atoms with Crippen LogP contribution < -0.4 is 10.6 Å². The largest absolute Gasteiger partial charge is 0.461 e. The fourth-order valence-electron chi connectivity index (χ4n) is 4.70. The molecule has 2 aromatic rings. The number of hydrogen-bond donors (Lipinski definition) is 2. The minimum atomic E-state index is -0.882. The molecule has 3 rings (SSSR count). The molecule has 40 heavy (non-hydrogen) atoms. The van der Waals surface area contributed by atoms with E-state index in [0.29, 0.717) is 6.42 Å². The molecule has 0 aliphatic carbocycles. The normalized spacial score (nSPS) is 17.1. The fourth-order valence-corrected chi connectivity index (χ4v) is 4.70. The van der Waals surface area contributed by atoms with E-state index in [9.17, 15) is 24.0 Å². The van der Waals surface area contributed by atoms with E-state index in [-0.39, 0.29) is 50.0 Å².